The molecule has 1 amide bonds. The summed E-state index contributed by atoms with van der Waals surface area (Å²) in [5, 5.41) is 0. The third kappa shape index (κ3) is 5.19. The number of guanidine groups is 1. The topological polar surface area (TPSA) is 65.2 Å². The molecule has 6 heteroatoms. The highest BCUT2D eigenvalue weighted by molar-refractivity contribution is 5.78. The first-order valence-corrected chi connectivity index (χ1v) is 8.19. The molecule has 0 aromatic rings. The van der Waals surface area contributed by atoms with Crippen LogP contribution in [0.1, 0.15) is 32.6 Å². The van der Waals surface area contributed by atoms with Gasteiger partial charge in [-0.25, -0.2) is 0 Å². The summed E-state index contributed by atoms with van der Waals surface area (Å²) in [6, 6.07) is 0. The van der Waals surface area contributed by atoms with Gasteiger partial charge in [-0.15, -0.1) is 0 Å². The average Bonchev–Trinajstić information content (AvgIpc) is 2.77. The number of hydrogen-bond donors (Lipinski definition) is 1. The first-order valence-electron chi connectivity index (χ1n) is 8.19. The van der Waals surface area contributed by atoms with Crippen LogP contribution in [0.5, 0.6) is 0 Å². The normalized spacial score (nSPS) is 22.2. The average molecular weight is 295 g/mol. The lowest BCUT2D eigenvalue weighted by Gasteiger charge is -2.33. The molecule has 0 unspecified atom stereocenters. The number of amides is 1. The molecule has 0 atom stereocenters. The Morgan fingerprint density at radius 1 is 0.952 bits per heavy atom. The number of likely N-dealkylation sites (tertiary alicyclic amines) is 1. The van der Waals surface area contributed by atoms with E-state index in [2.05, 4.69) is 14.8 Å². The standard InChI is InChI=1S/C15H29N5O/c1-14(21)19-12-10-18(11-13-19)9-6-17-15(16)20-7-4-2-3-5-8-20/h2-13H2,1H3,(H2,16,17). The maximum absolute atomic E-state index is 11.3. The molecule has 0 spiro atoms. The van der Waals surface area contributed by atoms with Crippen LogP contribution in [-0.2, 0) is 4.79 Å². The molecule has 6 nitrogen and oxygen atoms in total. The van der Waals surface area contributed by atoms with E-state index in [1.165, 1.54) is 25.7 Å². The molecule has 0 radical (unpaired) electrons. The summed E-state index contributed by atoms with van der Waals surface area (Å²) in [4.78, 5) is 22.3. The highest BCUT2D eigenvalue weighted by atomic mass is 16.2. The lowest BCUT2D eigenvalue weighted by atomic mass is 10.2. The second-order valence-electron chi connectivity index (χ2n) is 5.99. The van der Waals surface area contributed by atoms with Crippen molar-refractivity contribution in [3.63, 3.8) is 0 Å². The van der Waals surface area contributed by atoms with E-state index in [9.17, 15) is 4.79 Å². The molecule has 2 saturated heterocycles. The zero-order valence-corrected chi connectivity index (χ0v) is 13.3. The molecule has 120 valence electrons. The molecule has 0 aromatic heterocycles. The second-order valence-corrected chi connectivity index (χ2v) is 5.99. The van der Waals surface area contributed by atoms with Gasteiger partial charge < -0.3 is 15.5 Å². The van der Waals surface area contributed by atoms with Crippen LogP contribution in [0.15, 0.2) is 4.99 Å². The van der Waals surface area contributed by atoms with Gasteiger partial charge in [0.1, 0.15) is 0 Å². The molecule has 0 bridgehead atoms. The van der Waals surface area contributed by atoms with Crippen molar-refractivity contribution in [3.8, 4) is 0 Å². The number of carbonyl (C=O) groups is 1. The molecule has 2 aliphatic rings. The van der Waals surface area contributed by atoms with Crippen molar-refractivity contribution in [2.75, 3.05) is 52.4 Å². The number of piperazine rings is 1. The number of nitrogens with two attached hydrogens (primary N) is 1. The minimum absolute atomic E-state index is 0.179. The van der Waals surface area contributed by atoms with Crippen LogP contribution < -0.4 is 5.73 Å². The Bertz CT molecular complexity index is 355. The fraction of sp³-hybridized carbons (Fsp3) is 0.867. The molecule has 2 heterocycles. The second kappa shape index (κ2) is 8.22. The smallest absolute Gasteiger partial charge is 0.219 e. The maximum Gasteiger partial charge on any atom is 0.219 e. The van der Waals surface area contributed by atoms with Crippen molar-refractivity contribution in [2.45, 2.75) is 32.6 Å². The number of nitrogens with zero attached hydrogens (tertiary/aromatic N) is 4. The fourth-order valence-electron chi connectivity index (χ4n) is 2.99. The van der Waals surface area contributed by atoms with Crippen LogP contribution in [0.3, 0.4) is 0 Å². The number of hydrogen-bond acceptors (Lipinski definition) is 3. The quantitative estimate of drug-likeness (QED) is 0.602. The largest absolute Gasteiger partial charge is 0.370 e. The first kappa shape index (κ1) is 16.1. The molecule has 2 aliphatic heterocycles. The Kier molecular flexibility index (Phi) is 6.29. The van der Waals surface area contributed by atoms with E-state index in [1.807, 2.05) is 4.90 Å². The summed E-state index contributed by atoms with van der Waals surface area (Å²) < 4.78 is 0. The van der Waals surface area contributed by atoms with Crippen LogP contribution >= 0.6 is 0 Å². The Hall–Kier alpha value is -1.30. The minimum atomic E-state index is 0.179. The van der Waals surface area contributed by atoms with Crippen molar-refractivity contribution in [1.82, 2.24) is 14.7 Å². The van der Waals surface area contributed by atoms with Crippen LogP contribution in [-0.4, -0.2) is 78.9 Å². The summed E-state index contributed by atoms with van der Waals surface area (Å²) in [6.07, 6.45) is 5.07. The lowest BCUT2D eigenvalue weighted by molar-refractivity contribution is -0.130. The Morgan fingerprint density at radius 2 is 1.57 bits per heavy atom. The van der Waals surface area contributed by atoms with E-state index < -0.39 is 0 Å². The Balaban J connectivity index is 1.68. The van der Waals surface area contributed by atoms with E-state index in [-0.39, 0.29) is 5.91 Å². The van der Waals surface area contributed by atoms with Crippen molar-refractivity contribution in [2.24, 2.45) is 10.7 Å². The molecule has 21 heavy (non-hydrogen) atoms. The zero-order chi connectivity index (χ0) is 15.1. The van der Waals surface area contributed by atoms with Crippen molar-refractivity contribution in [1.29, 1.82) is 0 Å². The van der Waals surface area contributed by atoms with Crippen LogP contribution in [0.4, 0.5) is 0 Å². The van der Waals surface area contributed by atoms with Gasteiger partial charge in [0.05, 0.1) is 6.54 Å². The molecular formula is C15H29N5O. The number of aliphatic imine (C=N–C) groups is 1. The van der Waals surface area contributed by atoms with Gasteiger partial charge in [-0.3, -0.25) is 14.7 Å². The van der Waals surface area contributed by atoms with E-state index in [1.54, 1.807) is 6.92 Å². The van der Waals surface area contributed by atoms with Gasteiger partial charge in [0.25, 0.3) is 0 Å². The molecular weight excluding hydrogens is 266 g/mol. The predicted molar refractivity (Wildman–Crippen MR) is 85.2 cm³/mol. The molecule has 2 N–H and O–H groups in total. The van der Waals surface area contributed by atoms with Crippen LogP contribution in [0.2, 0.25) is 0 Å². The molecule has 0 aliphatic carbocycles. The summed E-state index contributed by atoms with van der Waals surface area (Å²) in [7, 11) is 0. The van der Waals surface area contributed by atoms with Crippen LogP contribution in [0, 0.1) is 0 Å². The monoisotopic (exact) mass is 295 g/mol. The zero-order valence-electron chi connectivity index (χ0n) is 13.3. The predicted octanol–water partition coefficient (Wildman–Crippen LogP) is 0.341. The highest BCUT2D eigenvalue weighted by Gasteiger charge is 2.18. The van der Waals surface area contributed by atoms with Gasteiger partial charge in [0.15, 0.2) is 5.96 Å². The summed E-state index contributed by atoms with van der Waals surface area (Å²) in [5.41, 5.74) is 6.10. The van der Waals surface area contributed by atoms with Gasteiger partial charge in [0, 0.05) is 52.7 Å². The molecule has 2 rings (SSSR count). The molecule has 2 fully saturated rings. The lowest BCUT2D eigenvalue weighted by Crippen LogP contribution is -2.48. The van der Waals surface area contributed by atoms with Gasteiger partial charge >= 0.3 is 0 Å². The van der Waals surface area contributed by atoms with E-state index in [0.29, 0.717) is 5.96 Å². The fourth-order valence-corrected chi connectivity index (χ4v) is 2.99. The van der Waals surface area contributed by atoms with Gasteiger partial charge in [0.2, 0.25) is 5.91 Å². The highest BCUT2D eigenvalue weighted by Crippen LogP contribution is 2.09. The Morgan fingerprint density at radius 3 is 2.14 bits per heavy atom. The first-order chi connectivity index (χ1) is 10.2. The number of rotatable bonds is 3. The molecule has 0 saturated carbocycles. The third-order valence-electron chi connectivity index (χ3n) is 4.44. The summed E-state index contributed by atoms with van der Waals surface area (Å²) in [6.45, 7) is 8.97. The van der Waals surface area contributed by atoms with Crippen LogP contribution in [0.25, 0.3) is 0 Å². The summed E-state index contributed by atoms with van der Waals surface area (Å²) in [5.74, 6) is 0.886. The number of carbonyl (C=O) groups excluding carboxylic acids is 1. The maximum atomic E-state index is 11.3. The van der Waals surface area contributed by atoms with E-state index >= 15 is 0 Å². The van der Waals surface area contributed by atoms with Gasteiger partial charge in [-0.05, 0) is 12.8 Å². The van der Waals surface area contributed by atoms with Gasteiger partial charge in [-0.2, -0.15) is 0 Å². The van der Waals surface area contributed by atoms with E-state index in [0.717, 1.165) is 52.4 Å². The third-order valence-corrected chi connectivity index (χ3v) is 4.44. The minimum Gasteiger partial charge on any atom is -0.370 e. The van der Waals surface area contributed by atoms with Gasteiger partial charge in [-0.1, -0.05) is 12.8 Å². The summed E-state index contributed by atoms with van der Waals surface area (Å²) >= 11 is 0. The SMILES string of the molecule is CC(=O)N1CCN(CCN=C(N)N2CCCCCC2)CC1. The van der Waals surface area contributed by atoms with Crippen molar-refractivity contribution >= 4 is 11.9 Å². The molecule has 0 aromatic carbocycles. The van der Waals surface area contributed by atoms with Crippen molar-refractivity contribution in [3.05, 3.63) is 0 Å². The Labute approximate surface area is 128 Å². The van der Waals surface area contributed by atoms with E-state index in [4.69, 9.17) is 5.73 Å². The van der Waals surface area contributed by atoms with Crippen molar-refractivity contribution < 1.29 is 4.79 Å².